The van der Waals surface area contributed by atoms with E-state index in [2.05, 4.69) is 52.4 Å². The summed E-state index contributed by atoms with van der Waals surface area (Å²) in [4.78, 5) is 0. The SMILES string of the molecule is CCNCC(CCOCCCOC)Cc1ccccc1Br. The van der Waals surface area contributed by atoms with E-state index in [0.717, 1.165) is 52.2 Å². The summed E-state index contributed by atoms with van der Waals surface area (Å²) in [5, 5.41) is 3.46. The third kappa shape index (κ3) is 8.57. The maximum Gasteiger partial charge on any atom is 0.0487 e. The van der Waals surface area contributed by atoms with Crippen LogP contribution in [0.1, 0.15) is 25.3 Å². The van der Waals surface area contributed by atoms with Crippen molar-refractivity contribution in [2.24, 2.45) is 5.92 Å². The van der Waals surface area contributed by atoms with Gasteiger partial charge in [-0.2, -0.15) is 0 Å². The van der Waals surface area contributed by atoms with Gasteiger partial charge in [-0.3, -0.25) is 0 Å². The van der Waals surface area contributed by atoms with Crippen molar-refractivity contribution in [3.63, 3.8) is 0 Å². The molecule has 0 aromatic heterocycles. The zero-order valence-corrected chi connectivity index (χ0v) is 14.8. The van der Waals surface area contributed by atoms with Crippen molar-refractivity contribution in [1.82, 2.24) is 5.32 Å². The molecule has 0 aliphatic heterocycles. The summed E-state index contributed by atoms with van der Waals surface area (Å²) >= 11 is 3.64. The van der Waals surface area contributed by atoms with Crippen molar-refractivity contribution >= 4 is 15.9 Å². The Morgan fingerprint density at radius 3 is 2.71 bits per heavy atom. The summed E-state index contributed by atoms with van der Waals surface area (Å²) < 4.78 is 11.9. The predicted molar refractivity (Wildman–Crippen MR) is 91.8 cm³/mol. The molecule has 0 saturated heterocycles. The van der Waals surface area contributed by atoms with Crippen molar-refractivity contribution in [3.05, 3.63) is 34.3 Å². The molecule has 0 heterocycles. The van der Waals surface area contributed by atoms with Crippen LogP contribution >= 0.6 is 15.9 Å². The van der Waals surface area contributed by atoms with Gasteiger partial charge in [0.2, 0.25) is 0 Å². The number of nitrogens with one attached hydrogen (secondary N) is 1. The van der Waals surface area contributed by atoms with Gasteiger partial charge in [0.15, 0.2) is 0 Å². The van der Waals surface area contributed by atoms with E-state index >= 15 is 0 Å². The second-order valence-electron chi connectivity index (χ2n) is 5.22. The molecule has 4 heteroatoms. The van der Waals surface area contributed by atoms with Gasteiger partial charge in [0, 0.05) is 31.4 Å². The normalized spacial score (nSPS) is 12.5. The molecule has 120 valence electrons. The first kappa shape index (κ1) is 18.6. The summed E-state index contributed by atoms with van der Waals surface area (Å²) in [5.74, 6) is 0.603. The smallest absolute Gasteiger partial charge is 0.0487 e. The lowest BCUT2D eigenvalue weighted by molar-refractivity contribution is 0.0935. The van der Waals surface area contributed by atoms with Gasteiger partial charge in [0.25, 0.3) is 0 Å². The Labute approximate surface area is 137 Å². The molecule has 3 nitrogen and oxygen atoms in total. The van der Waals surface area contributed by atoms with E-state index < -0.39 is 0 Å². The van der Waals surface area contributed by atoms with Gasteiger partial charge < -0.3 is 14.8 Å². The summed E-state index contributed by atoms with van der Waals surface area (Å²) in [6.45, 7) is 6.59. The Morgan fingerprint density at radius 1 is 1.19 bits per heavy atom. The van der Waals surface area contributed by atoms with Crippen molar-refractivity contribution in [3.8, 4) is 0 Å². The minimum absolute atomic E-state index is 0.603. The second kappa shape index (κ2) is 12.2. The first-order chi connectivity index (χ1) is 10.3. The van der Waals surface area contributed by atoms with E-state index in [9.17, 15) is 0 Å². The molecule has 0 aliphatic rings. The molecular weight excluding hydrogens is 330 g/mol. The Balaban J connectivity index is 2.35. The fourth-order valence-electron chi connectivity index (χ4n) is 2.26. The van der Waals surface area contributed by atoms with E-state index in [4.69, 9.17) is 9.47 Å². The standard InChI is InChI=1S/C17H28BrNO2/c1-3-19-14-15(9-12-21-11-6-10-20-2)13-16-7-4-5-8-17(16)18/h4-5,7-8,15,19H,3,6,9-14H2,1-2H3. The lowest BCUT2D eigenvalue weighted by atomic mass is 9.96. The van der Waals surface area contributed by atoms with Crippen LogP contribution in [0.15, 0.2) is 28.7 Å². The van der Waals surface area contributed by atoms with Gasteiger partial charge in [0.05, 0.1) is 0 Å². The lowest BCUT2D eigenvalue weighted by Crippen LogP contribution is -2.25. The van der Waals surface area contributed by atoms with Crippen LogP contribution in [0, 0.1) is 5.92 Å². The van der Waals surface area contributed by atoms with E-state index in [0.29, 0.717) is 5.92 Å². The number of benzene rings is 1. The molecule has 0 aliphatic carbocycles. The largest absolute Gasteiger partial charge is 0.385 e. The van der Waals surface area contributed by atoms with Gasteiger partial charge in [-0.15, -0.1) is 0 Å². The number of halogens is 1. The maximum atomic E-state index is 5.69. The Kier molecular flexibility index (Phi) is 10.8. The number of methoxy groups -OCH3 is 1. The maximum absolute atomic E-state index is 5.69. The number of rotatable bonds is 12. The number of hydrogen-bond donors (Lipinski definition) is 1. The summed E-state index contributed by atoms with van der Waals surface area (Å²) in [6, 6.07) is 8.47. The Hall–Kier alpha value is -0.420. The van der Waals surface area contributed by atoms with Gasteiger partial charge in [0.1, 0.15) is 0 Å². The lowest BCUT2D eigenvalue weighted by Gasteiger charge is -2.18. The monoisotopic (exact) mass is 357 g/mol. The predicted octanol–water partition coefficient (Wildman–Crippen LogP) is 3.66. The highest BCUT2D eigenvalue weighted by Crippen LogP contribution is 2.20. The molecule has 1 N–H and O–H groups in total. The van der Waals surface area contributed by atoms with Crippen molar-refractivity contribution in [2.75, 3.05) is 40.0 Å². The Morgan fingerprint density at radius 2 is 2.00 bits per heavy atom. The van der Waals surface area contributed by atoms with Crippen LogP contribution in [-0.2, 0) is 15.9 Å². The van der Waals surface area contributed by atoms with Crippen LogP contribution in [0.4, 0.5) is 0 Å². The van der Waals surface area contributed by atoms with E-state index in [1.807, 2.05) is 0 Å². The number of ether oxygens (including phenoxy) is 2. The molecule has 1 rings (SSSR count). The molecule has 0 amide bonds. The molecule has 0 fully saturated rings. The van der Waals surface area contributed by atoms with Crippen LogP contribution in [-0.4, -0.2) is 40.0 Å². The fourth-order valence-corrected chi connectivity index (χ4v) is 2.70. The highest BCUT2D eigenvalue weighted by atomic mass is 79.9. The van der Waals surface area contributed by atoms with Crippen LogP contribution in [0.3, 0.4) is 0 Å². The second-order valence-corrected chi connectivity index (χ2v) is 6.07. The van der Waals surface area contributed by atoms with E-state index in [-0.39, 0.29) is 0 Å². The molecule has 1 unspecified atom stereocenters. The van der Waals surface area contributed by atoms with E-state index in [1.165, 1.54) is 10.0 Å². The van der Waals surface area contributed by atoms with E-state index in [1.54, 1.807) is 7.11 Å². The highest BCUT2D eigenvalue weighted by molar-refractivity contribution is 9.10. The first-order valence-corrected chi connectivity index (χ1v) is 8.58. The molecule has 1 atom stereocenters. The molecule has 0 saturated carbocycles. The van der Waals surface area contributed by atoms with Crippen LogP contribution < -0.4 is 5.32 Å². The zero-order chi connectivity index (χ0) is 15.3. The number of hydrogen-bond acceptors (Lipinski definition) is 3. The Bertz CT molecular complexity index is 374. The van der Waals surface area contributed by atoms with Crippen molar-refractivity contribution in [2.45, 2.75) is 26.2 Å². The first-order valence-electron chi connectivity index (χ1n) is 7.78. The zero-order valence-electron chi connectivity index (χ0n) is 13.2. The van der Waals surface area contributed by atoms with Crippen molar-refractivity contribution < 1.29 is 9.47 Å². The van der Waals surface area contributed by atoms with Gasteiger partial charge in [-0.1, -0.05) is 41.1 Å². The topological polar surface area (TPSA) is 30.5 Å². The minimum atomic E-state index is 0.603. The minimum Gasteiger partial charge on any atom is -0.385 e. The fraction of sp³-hybridized carbons (Fsp3) is 0.647. The molecule has 0 spiro atoms. The average Bonchev–Trinajstić information content (AvgIpc) is 2.50. The molecule has 1 aromatic carbocycles. The molecular formula is C17H28BrNO2. The third-order valence-electron chi connectivity index (χ3n) is 3.46. The molecule has 1 aromatic rings. The van der Waals surface area contributed by atoms with Gasteiger partial charge >= 0.3 is 0 Å². The molecule has 21 heavy (non-hydrogen) atoms. The molecule has 0 radical (unpaired) electrons. The third-order valence-corrected chi connectivity index (χ3v) is 4.23. The average molecular weight is 358 g/mol. The summed E-state index contributed by atoms with van der Waals surface area (Å²) in [7, 11) is 1.73. The summed E-state index contributed by atoms with van der Waals surface area (Å²) in [6.07, 6.45) is 3.13. The van der Waals surface area contributed by atoms with Crippen molar-refractivity contribution in [1.29, 1.82) is 0 Å². The van der Waals surface area contributed by atoms with Crippen LogP contribution in [0.25, 0.3) is 0 Å². The summed E-state index contributed by atoms with van der Waals surface area (Å²) in [5.41, 5.74) is 1.37. The highest BCUT2D eigenvalue weighted by Gasteiger charge is 2.11. The quantitative estimate of drug-likeness (QED) is 0.579. The van der Waals surface area contributed by atoms with Crippen LogP contribution in [0.2, 0.25) is 0 Å². The van der Waals surface area contributed by atoms with Gasteiger partial charge in [-0.05, 0) is 49.9 Å². The van der Waals surface area contributed by atoms with Crippen LogP contribution in [0.5, 0.6) is 0 Å². The van der Waals surface area contributed by atoms with Gasteiger partial charge in [-0.25, -0.2) is 0 Å². The molecule has 0 bridgehead atoms.